The Labute approximate surface area is 108 Å². The SMILES string of the molecule is CCC1CC2C(=O)N(C[C@@H]3CCCN3)C(=O)C2C1. The molecule has 2 saturated heterocycles. The Kier molecular flexibility index (Phi) is 3.14. The van der Waals surface area contributed by atoms with Crippen molar-refractivity contribution in [2.24, 2.45) is 17.8 Å². The van der Waals surface area contributed by atoms with E-state index in [-0.39, 0.29) is 23.7 Å². The number of hydrogen-bond acceptors (Lipinski definition) is 3. The molecule has 3 atom stereocenters. The average Bonchev–Trinajstić information content (AvgIpc) is 3.06. The van der Waals surface area contributed by atoms with Crippen LogP contribution in [-0.4, -0.2) is 35.8 Å². The van der Waals surface area contributed by atoms with E-state index >= 15 is 0 Å². The normalized spacial score (nSPS) is 39.7. The van der Waals surface area contributed by atoms with Gasteiger partial charge in [-0.2, -0.15) is 0 Å². The van der Waals surface area contributed by atoms with E-state index in [0.29, 0.717) is 18.5 Å². The molecule has 0 spiro atoms. The van der Waals surface area contributed by atoms with Gasteiger partial charge >= 0.3 is 0 Å². The fourth-order valence-electron chi connectivity index (χ4n) is 3.84. The summed E-state index contributed by atoms with van der Waals surface area (Å²) in [7, 11) is 0. The Morgan fingerprint density at radius 3 is 2.39 bits per heavy atom. The molecular formula is C14H22N2O2. The molecule has 100 valence electrons. The molecule has 2 unspecified atom stereocenters. The van der Waals surface area contributed by atoms with Crippen molar-refractivity contribution in [2.75, 3.05) is 13.1 Å². The number of fused-ring (bicyclic) bond motifs is 1. The van der Waals surface area contributed by atoms with Crippen molar-refractivity contribution in [1.29, 1.82) is 0 Å². The minimum absolute atomic E-state index is 0.00357. The predicted octanol–water partition coefficient (Wildman–Crippen LogP) is 1.16. The zero-order valence-electron chi connectivity index (χ0n) is 11.0. The monoisotopic (exact) mass is 250 g/mol. The summed E-state index contributed by atoms with van der Waals surface area (Å²) in [6.07, 6.45) is 5.20. The van der Waals surface area contributed by atoms with E-state index in [0.717, 1.165) is 38.6 Å². The second kappa shape index (κ2) is 4.65. The second-order valence-corrected chi connectivity index (χ2v) is 6.04. The van der Waals surface area contributed by atoms with Crippen molar-refractivity contribution in [1.82, 2.24) is 10.2 Å². The molecule has 4 heteroatoms. The van der Waals surface area contributed by atoms with Crippen LogP contribution >= 0.6 is 0 Å². The Morgan fingerprint density at radius 2 is 1.89 bits per heavy atom. The Morgan fingerprint density at radius 1 is 1.22 bits per heavy atom. The number of rotatable bonds is 3. The fraction of sp³-hybridized carbons (Fsp3) is 0.857. The van der Waals surface area contributed by atoms with Crippen molar-refractivity contribution in [3.05, 3.63) is 0 Å². The molecule has 0 aromatic heterocycles. The molecule has 0 radical (unpaired) electrons. The molecule has 3 rings (SSSR count). The first-order valence-corrected chi connectivity index (χ1v) is 7.29. The van der Waals surface area contributed by atoms with Crippen LogP contribution in [0.1, 0.15) is 39.0 Å². The van der Waals surface area contributed by atoms with Gasteiger partial charge in [-0.15, -0.1) is 0 Å². The highest BCUT2D eigenvalue weighted by Crippen LogP contribution is 2.44. The Bertz CT molecular complexity index is 339. The lowest BCUT2D eigenvalue weighted by molar-refractivity contribution is -0.140. The molecule has 4 nitrogen and oxygen atoms in total. The van der Waals surface area contributed by atoms with Gasteiger partial charge in [0, 0.05) is 12.6 Å². The summed E-state index contributed by atoms with van der Waals surface area (Å²) < 4.78 is 0. The van der Waals surface area contributed by atoms with Crippen molar-refractivity contribution < 1.29 is 9.59 Å². The van der Waals surface area contributed by atoms with Gasteiger partial charge in [0.15, 0.2) is 0 Å². The zero-order chi connectivity index (χ0) is 12.7. The Balaban J connectivity index is 1.68. The maximum atomic E-state index is 12.3. The lowest BCUT2D eigenvalue weighted by Gasteiger charge is -2.21. The van der Waals surface area contributed by atoms with Gasteiger partial charge in [-0.3, -0.25) is 14.5 Å². The first-order valence-electron chi connectivity index (χ1n) is 7.29. The molecule has 2 amide bonds. The number of carbonyl (C=O) groups excluding carboxylic acids is 2. The first-order chi connectivity index (χ1) is 8.70. The molecule has 1 N–H and O–H groups in total. The van der Waals surface area contributed by atoms with Crippen LogP contribution in [-0.2, 0) is 9.59 Å². The number of hydrogen-bond donors (Lipinski definition) is 1. The molecule has 2 aliphatic heterocycles. The third-order valence-corrected chi connectivity index (χ3v) is 4.97. The van der Waals surface area contributed by atoms with Crippen LogP contribution in [0.15, 0.2) is 0 Å². The summed E-state index contributed by atoms with van der Waals surface area (Å²) in [5, 5.41) is 3.36. The number of carbonyl (C=O) groups is 2. The molecule has 0 aromatic rings. The van der Waals surface area contributed by atoms with Gasteiger partial charge in [-0.05, 0) is 38.1 Å². The van der Waals surface area contributed by atoms with E-state index in [4.69, 9.17) is 0 Å². The molecule has 18 heavy (non-hydrogen) atoms. The summed E-state index contributed by atoms with van der Waals surface area (Å²) in [6.45, 7) is 3.77. The first kappa shape index (κ1) is 12.2. The quantitative estimate of drug-likeness (QED) is 0.765. The largest absolute Gasteiger partial charge is 0.312 e. The maximum Gasteiger partial charge on any atom is 0.233 e. The Hall–Kier alpha value is -0.900. The molecular weight excluding hydrogens is 228 g/mol. The number of imide groups is 1. The van der Waals surface area contributed by atoms with Crippen LogP contribution in [0, 0.1) is 17.8 Å². The molecule has 2 heterocycles. The van der Waals surface area contributed by atoms with Gasteiger partial charge < -0.3 is 5.32 Å². The van der Waals surface area contributed by atoms with E-state index in [1.807, 2.05) is 0 Å². The standard InChI is InChI=1S/C14H22N2O2/c1-2-9-6-11-12(7-9)14(18)16(13(11)17)8-10-4-3-5-15-10/h9-12,15H,2-8H2,1H3/t9?,10-,11?,12?/m0/s1. The van der Waals surface area contributed by atoms with Gasteiger partial charge in [-0.25, -0.2) is 0 Å². The molecule has 3 aliphatic rings. The van der Waals surface area contributed by atoms with Gasteiger partial charge in [0.05, 0.1) is 11.8 Å². The van der Waals surface area contributed by atoms with Crippen LogP contribution in [0.2, 0.25) is 0 Å². The smallest absolute Gasteiger partial charge is 0.233 e. The lowest BCUT2D eigenvalue weighted by Crippen LogP contribution is -2.41. The van der Waals surface area contributed by atoms with Gasteiger partial charge in [0.1, 0.15) is 0 Å². The van der Waals surface area contributed by atoms with E-state index in [2.05, 4.69) is 12.2 Å². The highest BCUT2D eigenvalue weighted by Gasteiger charge is 2.52. The number of nitrogens with one attached hydrogen (secondary N) is 1. The van der Waals surface area contributed by atoms with Crippen molar-refractivity contribution in [2.45, 2.75) is 45.1 Å². The third-order valence-electron chi connectivity index (χ3n) is 4.97. The number of likely N-dealkylation sites (tertiary alicyclic amines) is 1. The summed E-state index contributed by atoms with van der Waals surface area (Å²) in [6, 6.07) is 0.332. The highest BCUT2D eigenvalue weighted by molar-refractivity contribution is 6.05. The van der Waals surface area contributed by atoms with Crippen LogP contribution in [0.5, 0.6) is 0 Å². The van der Waals surface area contributed by atoms with E-state index in [1.165, 1.54) is 0 Å². The molecule has 0 aromatic carbocycles. The summed E-state index contributed by atoms with van der Waals surface area (Å²) in [5.41, 5.74) is 0. The topological polar surface area (TPSA) is 49.4 Å². The maximum absolute atomic E-state index is 12.3. The molecule has 1 saturated carbocycles. The van der Waals surface area contributed by atoms with Gasteiger partial charge in [-0.1, -0.05) is 13.3 Å². The lowest BCUT2D eigenvalue weighted by atomic mass is 10.00. The third kappa shape index (κ3) is 1.87. The highest BCUT2D eigenvalue weighted by atomic mass is 16.2. The average molecular weight is 250 g/mol. The predicted molar refractivity (Wildman–Crippen MR) is 67.7 cm³/mol. The minimum Gasteiger partial charge on any atom is -0.312 e. The van der Waals surface area contributed by atoms with Crippen molar-refractivity contribution in [3.8, 4) is 0 Å². The van der Waals surface area contributed by atoms with Crippen LogP contribution in [0.25, 0.3) is 0 Å². The minimum atomic E-state index is 0.00357. The summed E-state index contributed by atoms with van der Waals surface area (Å²) in [4.78, 5) is 26.2. The number of nitrogens with zero attached hydrogens (tertiary/aromatic N) is 1. The molecule has 0 bridgehead atoms. The van der Waals surface area contributed by atoms with E-state index in [9.17, 15) is 9.59 Å². The van der Waals surface area contributed by atoms with Gasteiger partial charge in [0.2, 0.25) is 11.8 Å². The molecule has 1 aliphatic carbocycles. The van der Waals surface area contributed by atoms with Crippen molar-refractivity contribution in [3.63, 3.8) is 0 Å². The van der Waals surface area contributed by atoms with E-state index in [1.54, 1.807) is 4.90 Å². The van der Waals surface area contributed by atoms with Gasteiger partial charge in [0.25, 0.3) is 0 Å². The zero-order valence-corrected chi connectivity index (χ0v) is 11.0. The molecule has 3 fully saturated rings. The number of amides is 2. The van der Waals surface area contributed by atoms with E-state index < -0.39 is 0 Å². The van der Waals surface area contributed by atoms with Crippen LogP contribution in [0.4, 0.5) is 0 Å². The second-order valence-electron chi connectivity index (χ2n) is 6.04. The van der Waals surface area contributed by atoms with Crippen LogP contribution < -0.4 is 5.32 Å². The van der Waals surface area contributed by atoms with Crippen LogP contribution in [0.3, 0.4) is 0 Å². The fourth-order valence-corrected chi connectivity index (χ4v) is 3.84. The summed E-state index contributed by atoms with van der Waals surface area (Å²) >= 11 is 0. The summed E-state index contributed by atoms with van der Waals surface area (Å²) in [5.74, 6) is 0.802. The van der Waals surface area contributed by atoms with Crippen molar-refractivity contribution >= 4 is 11.8 Å².